The van der Waals surface area contributed by atoms with Gasteiger partial charge in [-0.05, 0) is 39.3 Å². The van der Waals surface area contributed by atoms with E-state index in [2.05, 4.69) is 32.9 Å². The van der Waals surface area contributed by atoms with Crippen molar-refractivity contribution >= 4 is 35.2 Å². The lowest BCUT2D eigenvalue weighted by molar-refractivity contribution is -0.132. The van der Waals surface area contributed by atoms with Crippen LogP contribution in [0, 0.1) is 6.92 Å². The molecule has 0 saturated heterocycles. The van der Waals surface area contributed by atoms with Crippen LogP contribution in [0.1, 0.15) is 81.3 Å². The maximum Gasteiger partial charge on any atom is 0.336 e. The quantitative estimate of drug-likeness (QED) is 0.293. The smallest absolute Gasteiger partial charge is 0.336 e. The third kappa shape index (κ3) is 6.02. The van der Waals surface area contributed by atoms with Gasteiger partial charge < -0.3 is 15.7 Å². The van der Waals surface area contributed by atoms with Gasteiger partial charge in [-0.25, -0.2) is 9.31 Å². The number of benzene rings is 1. The molecule has 0 bridgehead atoms. The Morgan fingerprint density at radius 2 is 1.91 bits per heavy atom. The van der Waals surface area contributed by atoms with E-state index in [4.69, 9.17) is 0 Å². The summed E-state index contributed by atoms with van der Waals surface area (Å²) in [5, 5.41) is 27.3. The molecule has 3 rings (SSSR count). The number of carboxylic acids is 1. The van der Waals surface area contributed by atoms with E-state index in [1.165, 1.54) is 18.7 Å². The molecule has 4 N–H and O–H groups in total. The van der Waals surface area contributed by atoms with E-state index in [0.29, 0.717) is 22.8 Å². The molecule has 0 saturated carbocycles. The minimum Gasteiger partial charge on any atom is -0.478 e. The number of unbranched alkanes of at least 4 members (excludes halogenated alkanes) is 2. The van der Waals surface area contributed by atoms with Gasteiger partial charge in [-0.15, -0.1) is 10.2 Å². The zero-order chi connectivity index (χ0) is 25.8. The number of carboxylic acid groups (broad SMARTS) is 1. The Bertz CT molecular complexity index is 1230. The van der Waals surface area contributed by atoms with Crippen LogP contribution < -0.4 is 10.6 Å². The number of aromatic carboxylic acids is 1. The highest BCUT2D eigenvalue weighted by molar-refractivity contribution is 7.99. The summed E-state index contributed by atoms with van der Waals surface area (Å²) in [6.45, 7) is 8.67. The normalized spacial score (nSPS) is 12.5. The van der Waals surface area contributed by atoms with Gasteiger partial charge in [-0.2, -0.15) is 0 Å². The van der Waals surface area contributed by atoms with Crippen molar-refractivity contribution in [3.63, 3.8) is 0 Å². The summed E-state index contributed by atoms with van der Waals surface area (Å²) in [6.07, 6.45) is 3.56. The standard InChI is InChI=1S/C24H32N6O4S/c1-6-7-8-12-17(25-23(34)24(4,5)26-15(3)31)20-27-28-21-19(14(2)29-30(20)21)35-18-13-10-9-11-16(18)22(32)33/h9-11,13,17,29H,6-8,12H2,1-5H3,(H,25,34)(H,26,31)(H,32,33). The van der Waals surface area contributed by atoms with Crippen molar-refractivity contribution < 1.29 is 19.5 Å². The lowest BCUT2D eigenvalue weighted by Gasteiger charge is -2.27. The number of amides is 2. The van der Waals surface area contributed by atoms with Crippen LogP contribution in [0.5, 0.6) is 0 Å². The summed E-state index contributed by atoms with van der Waals surface area (Å²) in [5.41, 5.74) is 0.476. The third-order valence-electron chi connectivity index (χ3n) is 5.61. The van der Waals surface area contributed by atoms with Crippen molar-refractivity contribution in [1.82, 2.24) is 30.4 Å². The van der Waals surface area contributed by atoms with Gasteiger partial charge in [-0.3, -0.25) is 14.7 Å². The van der Waals surface area contributed by atoms with Crippen LogP contribution in [-0.4, -0.2) is 48.2 Å². The van der Waals surface area contributed by atoms with E-state index in [1.807, 2.05) is 6.92 Å². The molecule has 0 fully saturated rings. The van der Waals surface area contributed by atoms with E-state index < -0.39 is 17.6 Å². The molecule has 3 aromatic rings. The fourth-order valence-electron chi connectivity index (χ4n) is 3.83. The first-order valence-corrected chi connectivity index (χ1v) is 12.4. The number of rotatable bonds is 11. The summed E-state index contributed by atoms with van der Waals surface area (Å²) < 4.78 is 1.74. The topological polar surface area (TPSA) is 141 Å². The Morgan fingerprint density at radius 1 is 1.20 bits per heavy atom. The molecule has 0 spiro atoms. The lowest BCUT2D eigenvalue weighted by Crippen LogP contribution is -2.54. The number of nitrogens with one attached hydrogen (secondary N) is 3. The molecule has 0 aliphatic rings. The van der Waals surface area contributed by atoms with Gasteiger partial charge in [0.05, 0.1) is 16.5 Å². The van der Waals surface area contributed by atoms with Crippen molar-refractivity contribution in [2.75, 3.05) is 0 Å². The number of carbonyl (C=O) groups excluding carboxylic acids is 2. The van der Waals surface area contributed by atoms with Gasteiger partial charge in [0, 0.05) is 17.5 Å². The van der Waals surface area contributed by atoms with Crippen molar-refractivity contribution in [2.24, 2.45) is 0 Å². The minimum atomic E-state index is -1.09. The maximum absolute atomic E-state index is 13.0. The van der Waals surface area contributed by atoms with Crippen LogP contribution >= 0.6 is 11.8 Å². The monoisotopic (exact) mass is 500 g/mol. The Labute approximate surface area is 208 Å². The number of aromatic amines is 1. The van der Waals surface area contributed by atoms with Gasteiger partial charge in [0.2, 0.25) is 11.8 Å². The summed E-state index contributed by atoms with van der Waals surface area (Å²) in [5.74, 6) is -1.07. The molecule has 2 aromatic heterocycles. The number of aromatic nitrogens is 4. The number of hydrogen-bond acceptors (Lipinski definition) is 6. The fraction of sp³-hybridized carbons (Fsp3) is 0.458. The molecule has 2 amide bonds. The lowest BCUT2D eigenvalue weighted by atomic mass is 10.0. The van der Waals surface area contributed by atoms with Crippen LogP contribution in [-0.2, 0) is 9.59 Å². The Kier molecular flexibility index (Phi) is 8.21. The number of carbonyl (C=O) groups is 3. The van der Waals surface area contributed by atoms with Crippen LogP contribution in [0.3, 0.4) is 0 Å². The predicted octanol–water partition coefficient (Wildman–Crippen LogP) is 3.87. The van der Waals surface area contributed by atoms with Gasteiger partial charge >= 0.3 is 5.97 Å². The molecule has 10 nitrogen and oxygen atoms in total. The largest absolute Gasteiger partial charge is 0.478 e. The molecule has 188 valence electrons. The second-order valence-electron chi connectivity index (χ2n) is 9.01. The van der Waals surface area contributed by atoms with Crippen LogP contribution in [0.25, 0.3) is 5.65 Å². The minimum absolute atomic E-state index is 0.209. The highest BCUT2D eigenvalue weighted by Gasteiger charge is 2.32. The molecule has 1 unspecified atom stereocenters. The second kappa shape index (κ2) is 10.9. The van der Waals surface area contributed by atoms with E-state index in [0.717, 1.165) is 29.9 Å². The number of aryl methyl sites for hydroxylation is 1. The third-order valence-corrected chi connectivity index (χ3v) is 6.88. The fourth-order valence-corrected chi connectivity index (χ4v) is 4.88. The number of H-pyrrole nitrogens is 1. The Hall–Kier alpha value is -3.34. The first-order valence-electron chi connectivity index (χ1n) is 11.6. The molecule has 35 heavy (non-hydrogen) atoms. The van der Waals surface area contributed by atoms with Crippen LogP contribution in [0.2, 0.25) is 0 Å². The number of nitrogens with zero attached hydrogens (tertiary/aromatic N) is 3. The number of fused-ring (bicyclic) bond motifs is 1. The van der Waals surface area contributed by atoms with E-state index >= 15 is 0 Å². The summed E-state index contributed by atoms with van der Waals surface area (Å²) >= 11 is 1.31. The maximum atomic E-state index is 13.0. The van der Waals surface area contributed by atoms with E-state index in [9.17, 15) is 19.5 Å². The first kappa shape index (κ1) is 26.3. The molecule has 1 atom stereocenters. The molecular weight excluding hydrogens is 468 g/mol. The van der Waals surface area contributed by atoms with Crippen molar-refractivity contribution in [3.05, 3.63) is 41.3 Å². The predicted molar refractivity (Wildman–Crippen MR) is 133 cm³/mol. The Balaban J connectivity index is 1.95. The van der Waals surface area contributed by atoms with Gasteiger partial charge in [0.1, 0.15) is 5.54 Å². The average Bonchev–Trinajstić information content (AvgIpc) is 3.31. The molecule has 11 heteroatoms. The summed E-state index contributed by atoms with van der Waals surface area (Å²) in [6, 6.07) is 6.37. The summed E-state index contributed by atoms with van der Waals surface area (Å²) in [7, 11) is 0. The highest BCUT2D eigenvalue weighted by Crippen LogP contribution is 2.36. The SMILES string of the molecule is CCCCCC(NC(=O)C(C)(C)NC(C)=O)c1nnc2c(Sc3ccccc3C(=O)O)c(C)[nH]n12. The molecule has 0 radical (unpaired) electrons. The molecular formula is C24H32N6O4S. The second-order valence-corrected chi connectivity index (χ2v) is 10.1. The van der Waals surface area contributed by atoms with Crippen molar-refractivity contribution in [2.45, 2.75) is 81.7 Å². The average molecular weight is 501 g/mol. The molecule has 2 heterocycles. The Morgan fingerprint density at radius 3 is 2.57 bits per heavy atom. The van der Waals surface area contributed by atoms with Crippen molar-refractivity contribution in [3.8, 4) is 0 Å². The highest BCUT2D eigenvalue weighted by atomic mass is 32.2. The molecule has 1 aromatic carbocycles. The van der Waals surface area contributed by atoms with Gasteiger partial charge in [0.25, 0.3) is 0 Å². The zero-order valence-electron chi connectivity index (χ0n) is 20.6. The van der Waals surface area contributed by atoms with Gasteiger partial charge in [-0.1, -0.05) is 50.1 Å². The first-order chi connectivity index (χ1) is 16.5. The van der Waals surface area contributed by atoms with Crippen molar-refractivity contribution in [1.29, 1.82) is 0 Å². The molecule has 0 aliphatic heterocycles. The molecule has 0 aliphatic carbocycles. The van der Waals surface area contributed by atoms with E-state index in [1.54, 1.807) is 42.6 Å². The van der Waals surface area contributed by atoms with Gasteiger partial charge in [0.15, 0.2) is 11.5 Å². The zero-order valence-corrected chi connectivity index (χ0v) is 21.5. The summed E-state index contributed by atoms with van der Waals surface area (Å²) in [4.78, 5) is 37.6. The van der Waals surface area contributed by atoms with Crippen LogP contribution in [0.15, 0.2) is 34.1 Å². The van der Waals surface area contributed by atoms with E-state index in [-0.39, 0.29) is 17.4 Å². The number of hydrogen-bond donors (Lipinski definition) is 4. The van der Waals surface area contributed by atoms with Crippen LogP contribution in [0.4, 0.5) is 0 Å².